The van der Waals surface area contributed by atoms with Crippen LogP contribution in [0.3, 0.4) is 0 Å². The maximum Gasteiger partial charge on any atom is 0.244 e. The molecule has 1 aromatic heterocycles. The van der Waals surface area contributed by atoms with E-state index in [1.807, 2.05) is 62.4 Å². The van der Waals surface area contributed by atoms with Crippen LogP contribution >= 0.6 is 0 Å². The second kappa shape index (κ2) is 11.0. The van der Waals surface area contributed by atoms with E-state index in [9.17, 15) is 4.79 Å². The summed E-state index contributed by atoms with van der Waals surface area (Å²) in [4.78, 5) is 12.6. The molecule has 35 heavy (non-hydrogen) atoms. The number of fused-ring (bicyclic) bond motifs is 1. The topological polar surface area (TPSA) is 60.7 Å². The maximum absolute atomic E-state index is 12.6. The summed E-state index contributed by atoms with van der Waals surface area (Å²) >= 11 is 0. The molecule has 0 unspecified atom stereocenters. The molecule has 4 aromatic rings. The number of hydrogen-bond acceptors (Lipinski definition) is 4. The number of allylic oxidation sites excluding steroid dienone is 1. The van der Waals surface area contributed by atoms with E-state index >= 15 is 0 Å². The number of amides is 1. The molecule has 5 heteroatoms. The molecule has 0 radical (unpaired) electrons. The van der Waals surface area contributed by atoms with Crippen molar-refractivity contribution >= 4 is 22.4 Å². The lowest BCUT2D eigenvalue weighted by molar-refractivity contribution is -0.116. The molecule has 1 N–H and O–H groups in total. The summed E-state index contributed by atoms with van der Waals surface area (Å²) in [5.41, 5.74) is 6.58. The smallest absolute Gasteiger partial charge is 0.244 e. The van der Waals surface area contributed by atoms with Crippen LogP contribution in [0.4, 0.5) is 0 Å². The van der Waals surface area contributed by atoms with Gasteiger partial charge in [-0.2, -0.15) is 0 Å². The van der Waals surface area contributed by atoms with E-state index in [1.54, 1.807) is 26.6 Å². The largest absolute Gasteiger partial charge is 0.497 e. The second-order valence-corrected chi connectivity index (χ2v) is 8.55. The number of carbonyl (C=O) groups is 1. The van der Waals surface area contributed by atoms with Crippen LogP contribution in [0.1, 0.15) is 30.0 Å². The van der Waals surface area contributed by atoms with Gasteiger partial charge in [-0.25, -0.2) is 0 Å². The van der Waals surface area contributed by atoms with Crippen molar-refractivity contribution in [2.75, 3.05) is 20.8 Å². The molecule has 5 nitrogen and oxygen atoms in total. The molecule has 0 saturated heterocycles. The molecule has 180 valence electrons. The Morgan fingerprint density at radius 3 is 2.57 bits per heavy atom. The zero-order valence-electron chi connectivity index (χ0n) is 20.7. The minimum absolute atomic E-state index is 0.115. The molecule has 0 aliphatic rings. The highest BCUT2D eigenvalue weighted by Crippen LogP contribution is 2.41. The van der Waals surface area contributed by atoms with Crippen molar-refractivity contribution in [1.82, 2.24) is 5.32 Å². The highest BCUT2D eigenvalue weighted by Gasteiger charge is 2.19. The lowest BCUT2D eigenvalue weighted by Gasteiger charge is -2.13. The van der Waals surface area contributed by atoms with Gasteiger partial charge in [0.1, 0.15) is 17.1 Å². The van der Waals surface area contributed by atoms with E-state index in [4.69, 9.17) is 13.9 Å². The lowest BCUT2D eigenvalue weighted by atomic mass is 9.96. The van der Waals surface area contributed by atoms with Crippen LogP contribution in [0.5, 0.6) is 11.5 Å². The number of methoxy groups -OCH3 is 2. The summed E-state index contributed by atoms with van der Waals surface area (Å²) < 4.78 is 17.1. The molecular weight excluding hydrogens is 438 g/mol. The minimum atomic E-state index is -0.115. The predicted molar refractivity (Wildman–Crippen MR) is 141 cm³/mol. The Balaban J connectivity index is 1.58. The molecule has 0 saturated carbocycles. The first kappa shape index (κ1) is 24.1. The minimum Gasteiger partial charge on any atom is -0.497 e. The number of furan rings is 1. The van der Waals surface area contributed by atoms with E-state index in [-0.39, 0.29) is 5.91 Å². The Morgan fingerprint density at radius 1 is 1.03 bits per heavy atom. The van der Waals surface area contributed by atoms with Crippen molar-refractivity contribution < 1.29 is 18.7 Å². The molecule has 0 fully saturated rings. The number of hydrogen-bond donors (Lipinski definition) is 1. The SMILES string of the molecule is COc1cccc(-c2coc3c(C)c(OC)c(/C(C)=C/C(=O)NCCCc4ccccc4)cc23)c1. The third-order valence-corrected chi connectivity index (χ3v) is 6.19. The van der Waals surface area contributed by atoms with E-state index in [1.165, 1.54) is 5.56 Å². The van der Waals surface area contributed by atoms with Gasteiger partial charge in [-0.05, 0) is 61.6 Å². The maximum atomic E-state index is 12.6. The van der Waals surface area contributed by atoms with Crippen LogP contribution in [0, 0.1) is 6.92 Å². The summed E-state index contributed by atoms with van der Waals surface area (Å²) in [6, 6.07) is 20.2. The average molecular weight is 470 g/mol. The van der Waals surface area contributed by atoms with E-state index < -0.39 is 0 Å². The fourth-order valence-corrected chi connectivity index (χ4v) is 4.36. The van der Waals surface area contributed by atoms with E-state index in [0.717, 1.165) is 57.4 Å². The van der Waals surface area contributed by atoms with Crippen LogP contribution < -0.4 is 14.8 Å². The fourth-order valence-electron chi connectivity index (χ4n) is 4.36. The second-order valence-electron chi connectivity index (χ2n) is 8.55. The quantitative estimate of drug-likeness (QED) is 0.222. The van der Waals surface area contributed by atoms with Crippen LogP contribution in [-0.4, -0.2) is 26.7 Å². The zero-order chi connectivity index (χ0) is 24.8. The van der Waals surface area contributed by atoms with Crippen LogP contribution in [-0.2, 0) is 11.2 Å². The highest BCUT2D eigenvalue weighted by atomic mass is 16.5. The van der Waals surface area contributed by atoms with Crippen LogP contribution in [0.25, 0.3) is 27.7 Å². The third-order valence-electron chi connectivity index (χ3n) is 6.19. The Labute approximate surface area is 206 Å². The summed E-state index contributed by atoms with van der Waals surface area (Å²) in [6.45, 7) is 4.52. The standard InChI is InChI=1S/C30H31NO4/c1-20(16-28(32)31-15-9-12-22-10-6-5-7-11-22)25-18-26-27(23-13-8-14-24(17-23)33-3)19-35-30(26)21(2)29(25)34-4/h5-8,10-11,13-14,16-19H,9,12,15H2,1-4H3,(H,31,32)/b20-16+. The van der Waals surface area contributed by atoms with Gasteiger partial charge in [0.05, 0.1) is 20.5 Å². The molecule has 3 aromatic carbocycles. The normalized spacial score (nSPS) is 11.5. The Kier molecular flexibility index (Phi) is 7.56. The number of benzene rings is 3. The first-order valence-electron chi connectivity index (χ1n) is 11.8. The van der Waals surface area contributed by atoms with Gasteiger partial charge in [-0.15, -0.1) is 0 Å². The fraction of sp³-hybridized carbons (Fsp3) is 0.233. The lowest BCUT2D eigenvalue weighted by Crippen LogP contribution is -2.22. The van der Waals surface area contributed by atoms with Crippen molar-refractivity contribution in [3.05, 3.63) is 89.7 Å². The Morgan fingerprint density at radius 2 is 1.83 bits per heavy atom. The van der Waals surface area contributed by atoms with Crippen molar-refractivity contribution in [2.45, 2.75) is 26.7 Å². The molecule has 0 spiro atoms. The molecule has 0 aliphatic heterocycles. The van der Waals surface area contributed by atoms with Gasteiger partial charge in [0.25, 0.3) is 0 Å². The van der Waals surface area contributed by atoms with Gasteiger partial charge in [0, 0.05) is 34.7 Å². The molecule has 1 heterocycles. The number of rotatable bonds is 9. The number of ether oxygens (including phenoxy) is 2. The molecule has 0 aliphatic carbocycles. The van der Waals surface area contributed by atoms with Crippen LogP contribution in [0.15, 0.2) is 77.4 Å². The highest BCUT2D eigenvalue weighted by molar-refractivity contribution is 6.01. The number of nitrogens with one attached hydrogen (secondary N) is 1. The first-order chi connectivity index (χ1) is 17.0. The molecule has 1 amide bonds. The van der Waals surface area contributed by atoms with E-state index in [0.29, 0.717) is 12.3 Å². The van der Waals surface area contributed by atoms with Crippen molar-refractivity contribution in [2.24, 2.45) is 0 Å². The Hall–Kier alpha value is -3.99. The van der Waals surface area contributed by atoms with Crippen LogP contribution in [0.2, 0.25) is 0 Å². The van der Waals surface area contributed by atoms with Gasteiger partial charge < -0.3 is 19.2 Å². The zero-order valence-corrected chi connectivity index (χ0v) is 20.7. The summed E-state index contributed by atoms with van der Waals surface area (Å²) in [5, 5.41) is 3.96. The Bertz CT molecular complexity index is 1350. The van der Waals surface area contributed by atoms with Crippen molar-refractivity contribution in [1.29, 1.82) is 0 Å². The summed E-state index contributed by atoms with van der Waals surface area (Å²) in [7, 11) is 3.29. The average Bonchev–Trinajstić information content (AvgIpc) is 3.31. The number of aryl methyl sites for hydroxylation is 2. The van der Waals surface area contributed by atoms with Gasteiger partial charge in [-0.1, -0.05) is 42.5 Å². The first-order valence-corrected chi connectivity index (χ1v) is 11.8. The molecule has 0 bridgehead atoms. The molecule has 4 rings (SSSR count). The molecule has 0 atom stereocenters. The van der Waals surface area contributed by atoms with Gasteiger partial charge in [0.2, 0.25) is 5.91 Å². The van der Waals surface area contributed by atoms with Crippen molar-refractivity contribution in [3.63, 3.8) is 0 Å². The predicted octanol–water partition coefficient (Wildman–Crippen LogP) is 6.58. The van der Waals surface area contributed by atoms with Gasteiger partial charge in [-0.3, -0.25) is 4.79 Å². The van der Waals surface area contributed by atoms with Crippen molar-refractivity contribution in [3.8, 4) is 22.6 Å². The molecular formula is C30H31NO4. The summed E-state index contributed by atoms with van der Waals surface area (Å²) in [5.74, 6) is 1.37. The third kappa shape index (κ3) is 5.40. The van der Waals surface area contributed by atoms with E-state index in [2.05, 4.69) is 17.4 Å². The summed E-state index contributed by atoms with van der Waals surface area (Å²) in [6.07, 6.45) is 5.21. The number of carbonyl (C=O) groups excluding carboxylic acids is 1. The van der Waals surface area contributed by atoms with Gasteiger partial charge in [0.15, 0.2) is 0 Å². The monoisotopic (exact) mass is 469 g/mol. The van der Waals surface area contributed by atoms with Gasteiger partial charge >= 0.3 is 0 Å².